The predicted molar refractivity (Wildman–Crippen MR) is 80.1 cm³/mol. The van der Waals surface area contributed by atoms with E-state index in [0.29, 0.717) is 5.92 Å². The van der Waals surface area contributed by atoms with Crippen molar-refractivity contribution in [2.24, 2.45) is 5.92 Å². The number of pyridine rings is 1. The van der Waals surface area contributed by atoms with Gasteiger partial charge in [0.05, 0.1) is 5.52 Å². The minimum atomic E-state index is 0.577. The zero-order valence-corrected chi connectivity index (χ0v) is 13.0. The van der Waals surface area contributed by atoms with Crippen LogP contribution in [0.4, 0.5) is 5.69 Å². The smallest absolute Gasteiger partial charge is 0.0868 e. The summed E-state index contributed by atoms with van der Waals surface area (Å²) >= 11 is 7.00. The van der Waals surface area contributed by atoms with Crippen LogP contribution in [0.3, 0.4) is 0 Å². The molecule has 0 amide bonds. The lowest BCUT2D eigenvalue weighted by atomic mass is 10.1. The van der Waals surface area contributed by atoms with Crippen LogP contribution in [0.2, 0.25) is 0 Å². The number of aromatic nitrogens is 1. The molecule has 0 aliphatic carbocycles. The summed E-state index contributed by atoms with van der Waals surface area (Å²) in [6.45, 7) is 4.36. The van der Waals surface area contributed by atoms with Crippen molar-refractivity contribution in [3.05, 3.63) is 32.8 Å². The SMILES string of the molecule is CC(C)Cc1cc(N)c2cc(Br)cc(Br)c2n1. The number of nitrogen functional groups attached to an aromatic ring is 1. The fourth-order valence-electron chi connectivity index (χ4n) is 1.86. The van der Waals surface area contributed by atoms with Crippen molar-refractivity contribution in [3.8, 4) is 0 Å². The third-order valence-corrected chi connectivity index (χ3v) is 3.60. The van der Waals surface area contributed by atoms with Crippen molar-refractivity contribution in [2.45, 2.75) is 20.3 Å². The van der Waals surface area contributed by atoms with Crippen LogP contribution in [0.1, 0.15) is 19.5 Å². The quantitative estimate of drug-likeness (QED) is 0.856. The first kappa shape index (κ1) is 12.8. The van der Waals surface area contributed by atoms with Crippen LogP contribution in [-0.4, -0.2) is 4.98 Å². The lowest BCUT2D eigenvalue weighted by Gasteiger charge is -2.10. The molecule has 0 fully saturated rings. The van der Waals surface area contributed by atoms with Crippen molar-refractivity contribution < 1.29 is 0 Å². The molecule has 90 valence electrons. The van der Waals surface area contributed by atoms with E-state index in [-0.39, 0.29) is 0 Å². The minimum absolute atomic E-state index is 0.577. The largest absolute Gasteiger partial charge is 0.398 e. The van der Waals surface area contributed by atoms with Gasteiger partial charge in [0, 0.05) is 25.7 Å². The molecule has 17 heavy (non-hydrogen) atoms. The molecule has 2 nitrogen and oxygen atoms in total. The van der Waals surface area contributed by atoms with Gasteiger partial charge in [-0.3, -0.25) is 4.98 Å². The highest BCUT2D eigenvalue weighted by molar-refractivity contribution is 9.11. The highest BCUT2D eigenvalue weighted by atomic mass is 79.9. The summed E-state index contributed by atoms with van der Waals surface area (Å²) < 4.78 is 1.97. The standard InChI is InChI=1S/C13H14Br2N2/c1-7(2)3-9-6-12(16)10-4-8(14)5-11(15)13(10)17-9/h4-7H,3H2,1-2H3,(H2,16,17). The Labute approximate surface area is 118 Å². The summed E-state index contributed by atoms with van der Waals surface area (Å²) in [6.07, 6.45) is 0.947. The normalized spacial score (nSPS) is 11.4. The van der Waals surface area contributed by atoms with Gasteiger partial charge in [-0.2, -0.15) is 0 Å². The summed E-state index contributed by atoms with van der Waals surface area (Å²) in [5.41, 5.74) is 8.86. The summed E-state index contributed by atoms with van der Waals surface area (Å²) in [5, 5.41) is 0.985. The zero-order valence-electron chi connectivity index (χ0n) is 9.80. The van der Waals surface area contributed by atoms with Crippen molar-refractivity contribution >= 4 is 48.5 Å². The number of fused-ring (bicyclic) bond motifs is 1. The van der Waals surface area contributed by atoms with Gasteiger partial charge >= 0.3 is 0 Å². The van der Waals surface area contributed by atoms with Crippen molar-refractivity contribution in [3.63, 3.8) is 0 Å². The van der Waals surface area contributed by atoms with Gasteiger partial charge in [0.1, 0.15) is 0 Å². The van der Waals surface area contributed by atoms with Gasteiger partial charge in [0.2, 0.25) is 0 Å². The Kier molecular flexibility index (Phi) is 3.73. The van der Waals surface area contributed by atoms with Crippen molar-refractivity contribution in [1.82, 2.24) is 4.98 Å². The molecule has 0 aliphatic heterocycles. The Balaban J connectivity index is 2.64. The Morgan fingerprint density at radius 3 is 2.59 bits per heavy atom. The summed E-state index contributed by atoms with van der Waals surface area (Å²) in [7, 11) is 0. The number of benzene rings is 1. The maximum atomic E-state index is 6.09. The van der Waals surface area contributed by atoms with E-state index >= 15 is 0 Å². The molecule has 1 aromatic carbocycles. The molecule has 2 N–H and O–H groups in total. The minimum Gasteiger partial charge on any atom is -0.398 e. The van der Waals surface area contributed by atoms with Crippen LogP contribution >= 0.6 is 31.9 Å². The molecule has 1 aromatic heterocycles. The molecule has 0 saturated carbocycles. The summed E-state index contributed by atoms with van der Waals surface area (Å²) in [4.78, 5) is 4.67. The van der Waals surface area contributed by atoms with Crippen LogP contribution < -0.4 is 5.73 Å². The third-order valence-electron chi connectivity index (χ3n) is 2.53. The van der Waals surface area contributed by atoms with E-state index in [9.17, 15) is 0 Å². The first-order valence-corrected chi connectivity index (χ1v) is 7.10. The molecule has 2 rings (SSSR count). The number of halogens is 2. The van der Waals surface area contributed by atoms with E-state index < -0.39 is 0 Å². The number of anilines is 1. The number of hydrogen-bond donors (Lipinski definition) is 1. The van der Waals surface area contributed by atoms with Crippen LogP contribution in [0.15, 0.2) is 27.1 Å². The zero-order chi connectivity index (χ0) is 12.6. The second-order valence-electron chi connectivity index (χ2n) is 4.58. The van der Waals surface area contributed by atoms with Crippen molar-refractivity contribution in [2.75, 3.05) is 5.73 Å². The molecule has 0 saturated heterocycles. The Hall–Kier alpha value is -0.610. The lowest BCUT2D eigenvalue weighted by molar-refractivity contribution is 0.637. The maximum absolute atomic E-state index is 6.09. The first-order valence-electron chi connectivity index (χ1n) is 5.51. The fourth-order valence-corrected chi connectivity index (χ4v) is 3.17. The van der Waals surface area contributed by atoms with E-state index in [4.69, 9.17) is 5.73 Å². The van der Waals surface area contributed by atoms with Crippen LogP contribution in [0.25, 0.3) is 10.9 Å². The molecule has 0 bridgehead atoms. The van der Waals surface area contributed by atoms with E-state index in [0.717, 1.165) is 37.7 Å². The average Bonchev–Trinajstić information content (AvgIpc) is 2.19. The number of rotatable bonds is 2. The van der Waals surface area contributed by atoms with E-state index in [2.05, 4.69) is 50.7 Å². The number of hydrogen-bond acceptors (Lipinski definition) is 2. The summed E-state index contributed by atoms with van der Waals surface area (Å²) in [5.74, 6) is 0.577. The Morgan fingerprint density at radius 2 is 1.94 bits per heavy atom. The fraction of sp³-hybridized carbons (Fsp3) is 0.308. The first-order chi connectivity index (χ1) is 7.97. The number of nitrogens with zero attached hydrogens (tertiary/aromatic N) is 1. The van der Waals surface area contributed by atoms with Gasteiger partial charge in [-0.05, 0) is 46.5 Å². The van der Waals surface area contributed by atoms with E-state index in [1.165, 1.54) is 0 Å². The molecule has 0 unspecified atom stereocenters. The molecular weight excluding hydrogens is 344 g/mol. The topological polar surface area (TPSA) is 38.9 Å². The lowest BCUT2D eigenvalue weighted by Crippen LogP contribution is -2.00. The van der Waals surface area contributed by atoms with E-state index in [1.54, 1.807) is 0 Å². The van der Waals surface area contributed by atoms with Gasteiger partial charge in [-0.15, -0.1) is 0 Å². The second kappa shape index (κ2) is 4.94. The third kappa shape index (κ3) is 2.80. The molecule has 0 atom stereocenters. The van der Waals surface area contributed by atoms with E-state index in [1.807, 2.05) is 18.2 Å². The van der Waals surface area contributed by atoms with Gasteiger partial charge in [0.25, 0.3) is 0 Å². The Morgan fingerprint density at radius 1 is 1.24 bits per heavy atom. The number of nitrogens with two attached hydrogens (primary N) is 1. The van der Waals surface area contributed by atoms with Gasteiger partial charge < -0.3 is 5.73 Å². The highest BCUT2D eigenvalue weighted by Crippen LogP contribution is 2.31. The average molecular weight is 358 g/mol. The van der Waals surface area contributed by atoms with Gasteiger partial charge in [0.15, 0.2) is 0 Å². The highest BCUT2D eigenvalue weighted by Gasteiger charge is 2.09. The molecular formula is C13H14Br2N2. The van der Waals surface area contributed by atoms with Crippen LogP contribution in [0.5, 0.6) is 0 Å². The van der Waals surface area contributed by atoms with Gasteiger partial charge in [-0.1, -0.05) is 29.8 Å². The molecule has 0 spiro atoms. The predicted octanol–water partition coefficient (Wildman–Crippen LogP) is 4.54. The van der Waals surface area contributed by atoms with Crippen LogP contribution in [-0.2, 0) is 6.42 Å². The second-order valence-corrected chi connectivity index (χ2v) is 6.35. The van der Waals surface area contributed by atoms with Gasteiger partial charge in [-0.25, -0.2) is 0 Å². The van der Waals surface area contributed by atoms with Crippen LogP contribution in [0, 0.1) is 5.92 Å². The van der Waals surface area contributed by atoms with Crippen molar-refractivity contribution in [1.29, 1.82) is 0 Å². The molecule has 4 heteroatoms. The summed E-state index contributed by atoms with van der Waals surface area (Å²) in [6, 6.07) is 5.97. The molecule has 1 heterocycles. The molecule has 2 aromatic rings. The maximum Gasteiger partial charge on any atom is 0.0868 e. The molecule has 0 aliphatic rings. The monoisotopic (exact) mass is 356 g/mol. The molecule has 0 radical (unpaired) electrons. The Bertz CT molecular complexity index is 565.